The van der Waals surface area contributed by atoms with Gasteiger partial charge in [0, 0.05) is 34.8 Å². The van der Waals surface area contributed by atoms with E-state index < -0.39 is 0 Å². The van der Waals surface area contributed by atoms with E-state index in [1.807, 2.05) is 23.5 Å². The van der Waals surface area contributed by atoms with Gasteiger partial charge in [-0.3, -0.25) is 0 Å². The molecule has 0 spiro atoms. The Morgan fingerprint density at radius 2 is 0.780 bits per heavy atom. The van der Waals surface area contributed by atoms with Gasteiger partial charge in [0.15, 0.2) is 24.8 Å². The second-order valence-corrected chi connectivity index (χ2v) is 16.5. The Morgan fingerprint density at radius 3 is 1.14 bits per heavy atom. The van der Waals surface area contributed by atoms with E-state index in [1.165, 1.54) is 33.4 Å². The van der Waals surface area contributed by atoms with Gasteiger partial charge in [0.1, 0.15) is 3.53 Å². The van der Waals surface area contributed by atoms with E-state index >= 15 is 0 Å². The van der Waals surface area contributed by atoms with Crippen molar-refractivity contribution in [3.8, 4) is 0 Å². The third-order valence-electron chi connectivity index (χ3n) is 9.50. The molecule has 4 unspecified atom stereocenters. The van der Waals surface area contributed by atoms with Crippen LogP contribution in [0.5, 0.6) is 0 Å². The minimum atomic E-state index is 0.246. The van der Waals surface area contributed by atoms with E-state index in [9.17, 15) is 0 Å². The lowest BCUT2D eigenvalue weighted by Gasteiger charge is -2.27. The number of hydrogen-bond acceptors (Lipinski definition) is 3. The molecular formula is C45H46N2S3+2. The van der Waals surface area contributed by atoms with Crippen LogP contribution in [0.2, 0.25) is 0 Å². The first-order valence-electron chi connectivity index (χ1n) is 17.7. The van der Waals surface area contributed by atoms with Crippen LogP contribution in [-0.2, 0) is 12.8 Å². The van der Waals surface area contributed by atoms with Crippen LogP contribution < -0.4 is 9.97 Å². The van der Waals surface area contributed by atoms with Crippen molar-refractivity contribution < 1.29 is 9.97 Å². The largest absolute Gasteiger partial charge is 0.218 e. The van der Waals surface area contributed by atoms with Gasteiger partial charge in [0.25, 0.3) is 0 Å². The first-order chi connectivity index (χ1) is 24.7. The second kappa shape index (κ2) is 19.4. The molecule has 2 heterocycles. The molecule has 5 heteroatoms. The van der Waals surface area contributed by atoms with E-state index in [0.29, 0.717) is 11.8 Å². The number of aromatic nitrogens is 2. The summed E-state index contributed by atoms with van der Waals surface area (Å²) in [6.45, 7) is 0. The summed E-state index contributed by atoms with van der Waals surface area (Å²) < 4.78 is 1.01. The number of benzene rings is 4. The van der Waals surface area contributed by atoms with Crippen molar-refractivity contribution in [3.63, 3.8) is 0 Å². The average Bonchev–Trinajstić information content (AvgIpc) is 3.19. The summed E-state index contributed by atoms with van der Waals surface area (Å²) in [5, 5.41) is 0.493. The zero-order valence-electron chi connectivity index (χ0n) is 28.4. The van der Waals surface area contributed by atoms with E-state index in [4.69, 9.17) is 12.2 Å². The third-order valence-corrected chi connectivity index (χ3v) is 12.5. The number of rotatable bonds is 16. The van der Waals surface area contributed by atoms with Gasteiger partial charge in [0.05, 0.1) is 0 Å². The minimum Gasteiger partial charge on any atom is -0.218 e. The molecule has 50 heavy (non-hydrogen) atoms. The summed E-state index contributed by atoms with van der Waals surface area (Å²) in [7, 11) is 0. The highest BCUT2D eigenvalue weighted by Crippen LogP contribution is 2.47. The zero-order valence-corrected chi connectivity index (χ0v) is 30.9. The number of pyridine rings is 2. The lowest BCUT2D eigenvalue weighted by Crippen LogP contribution is -2.11. The fourth-order valence-corrected chi connectivity index (χ4v) is 10.1. The molecule has 2 nitrogen and oxygen atoms in total. The average molecular weight is 711 g/mol. The first-order valence-corrected chi connectivity index (χ1v) is 19.8. The van der Waals surface area contributed by atoms with Crippen LogP contribution in [0.15, 0.2) is 170 Å². The quantitative estimate of drug-likeness (QED) is 0.0936. The van der Waals surface area contributed by atoms with Gasteiger partial charge in [-0.1, -0.05) is 157 Å². The highest BCUT2D eigenvalue weighted by atomic mass is 32.2. The highest BCUT2D eigenvalue weighted by molar-refractivity contribution is 8.47. The Morgan fingerprint density at radius 1 is 0.440 bits per heavy atom. The predicted octanol–water partition coefficient (Wildman–Crippen LogP) is 11.5. The van der Waals surface area contributed by atoms with Crippen molar-refractivity contribution in [2.75, 3.05) is 0 Å². The van der Waals surface area contributed by atoms with E-state index in [1.54, 1.807) is 0 Å². The van der Waals surface area contributed by atoms with Crippen LogP contribution >= 0.6 is 35.7 Å². The van der Waals surface area contributed by atoms with Crippen LogP contribution in [0, 0.1) is 0 Å². The van der Waals surface area contributed by atoms with Crippen LogP contribution in [-0.4, -0.2) is 3.53 Å². The Labute approximate surface area is 312 Å². The second-order valence-electron chi connectivity index (χ2n) is 12.9. The zero-order chi connectivity index (χ0) is 34.2. The van der Waals surface area contributed by atoms with E-state index in [-0.39, 0.29) is 10.5 Å². The van der Waals surface area contributed by atoms with Crippen molar-refractivity contribution in [3.05, 3.63) is 204 Å². The smallest absolute Gasteiger partial charge is 0.167 e. The standard InChI is InChI=1S/C45H44N2S3/c48-45(49-43(39-17-9-3-10-18-39)33-41(37-25-29-46-30-26-37)23-21-35-13-5-1-6-14-35)50-44(40-19-11-4-12-20-40)34-42(38-27-31-47-32-28-38)24-22-36-15-7-2-8-16-36/h1-20,25-32,41-44H,21-24,33-34H2/p+2. The molecule has 0 aliphatic carbocycles. The lowest BCUT2D eigenvalue weighted by molar-refractivity contribution is -0.378. The molecule has 252 valence electrons. The monoisotopic (exact) mass is 710 g/mol. The maximum atomic E-state index is 6.34. The van der Waals surface area contributed by atoms with Gasteiger partial charge in [0.2, 0.25) is 0 Å². The number of H-pyrrole nitrogens is 2. The molecule has 0 bridgehead atoms. The molecule has 0 fully saturated rings. The summed E-state index contributed by atoms with van der Waals surface area (Å²) in [6, 6.07) is 52.7. The summed E-state index contributed by atoms with van der Waals surface area (Å²) >= 11 is 10.1. The molecule has 6 aromatic rings. The Bertz CT molecular complexity index is 1690. The number of nitrogens with one attached hydrogen (secondary N) is 2. The fourth-order valence-electron chi connectivity index (χ4n) is 6.77. The van der Waals surface area contributed by atoms with Gasteiger partial charge < -0.3 is 0 Å². The third kappa shape index (κ3) is 11.0. The van der Waals surface area contributed by atoms with Gasteiger partial charge in [-0.2, -0.15) is 0 Å². The molecule has 0 saturated carbocycles. The van der Waals surface area contributed by atoms with E-state index in [0.717, 1.165) is 42.1 Å². The Balaban J connectivity index is 1.23. The Kier molecular flexibility index (Phi) is 13.9. The summed E-state index contributed by atoms with van der Waals surface area (Å²) in [4.78, 5) is 6.46. The summed E-state index contributed by atoms with van der Waals surface area (Å²) in [6.07, 6.45) is 14.5. The maximum absolute atomic E-state index is 6.34. The number of thiocarbonyl (C=S) groups is 1. The van der Waals surface area contributed by atoms with Crippen molar-refractivity contribution in [2.45, 2.75) is 60.9 Å². The minimum absolute atomic E-state index is 0.246. The molecule has 0 radical (unpaired) electrons. The maximum Gasteiger partial charge on any atom is 0.167 e. The number of hydrogen-bond donors (Lipinski definition) is 0. The van der Waals surface area contributed by atoms with Crippen LogP contribution in [0.4, 0.5) is 0 Å². The van der Waals surface area contributed by atoms with Gasteiger partial charge in [-0.15, -0.1) is 0 Å². The van der Waals surface area contributed by atoms with Crippen LogP contribution in [0.1, 0.15) is 81.4 Å². The highest BCUT2D eigenvalue weighted by Gasteiger charge is 2.26. The fraction of sp³-hybridized carbons (Fsp3) is 0.222. The molecule has 0 aliphatic heterocycles. The molecule has 4 aromatic carbocycles. The van der Waals surface area contributed by atoms with Crippen LogP contribution in [0.3, 0.4) is 0 Å². The normalized spacial score (nSPS) is 13.6. The SMILES string of the molecule is S=C(SC(CC(CCc1ccccc1)c1cc[nH+]cc1)c1ccccc1)SC(CC(CCc1ccccc1)c1cc[nH+]cc1)c1ccccc1. The van der Waals surface area contributed by atoms with Gasteiger partial charge in [-0.05, 0) is 83.7 Å². The van der Waals surface area contributed by atoms with Gasteiger partial charge in [-0.25, -0.2) is 9.97 Å². The lowest BCUT2D eigenvalue weighted by atomic mass is 9.87. The molecule has 4 atom stereocenters. The van der Waals surface area contributed by atoms with Crippen LogP contribution in [0.25, 0.3) is 0 Å². The number of thioether (sulfide) groups is 2. The number of aryl methyl sites for hydroxylation is 2. The Hall–Kier alpha value is -4.03. The van der Waals surface area contributed by atoms with Crippen molar-refractivity contribution in [2.24, 2.45) is 0 Å². The van der Waals surface area contributed by atoms with E-state index in [2.05, 4.69) is 180 Å². The predicted molar refractivity (Wildman–Crippen MR) is 216 cm³/mol. The number of aromatic amines is 2. The molecule has 2 N–H and O–H groups in total. The van der Waals surface area contributed by atoms with Crippen molar-refractivity contribution in [1.29, 1.82) is 0 Å². The summed E-state index contributed by atoms with van der Waals surface area (Å²) in [5.41, 5.74) is 8.21. The molecule has 0 amide bonds. The molecular weight excluding hydrogens is 665 g/mol. The van der Waals surface area contributed by atoms with Crippen molar-refractivity contribution >= 4 is 39.3 Å². The molecule has 2 aromatic heterocycles. The van der Waals surface area contributed by atoms with Gasteiger partial charge >= 0.3 is 0 Å². The topological polar surface area (TPSA) is 28.3 Å². The molecule has 0 saturated heterocycles. The summed E-state index contributed by atoms with van der Waals surface area (Å²) in [5.74, 6) is 0.801. The van der Waals surface area contributed by atoms with Crippen molar-refractivity contribution in [1.82, 2.24) is 0 Å². The molecule has 0 aliphatic rings. The first kappa shape index (κ1) is 35.8. The molecule has 6 rings (SSSR count).